The summed E-state index contributed by atoms with van der Waals surface area (Å²) in [6.07, 6.45) is 1.31. The maximum atomic E-state index is 11.0. The van der Waals surface area contributed by atoms with Crippen molar-refractivity contribution < 1.29 is 9.90 Å². The molecule has 2 rings (SSSR count). The summed E-state index contributed by atoms with van der Waals surface area (Å²) < 4.78 is 0. The first kappa shape index (κ1) is 10.8. The number of fused-ring (bicyclic) bond motifs is 1. The van der Waals surface area contributed by atoms with Gasteiger partial charge in [0.25, 0.3) is 0 Å². The number of halogens is 1. The first-order valence-electron chi connectivity index (χ1n) is 4.81. The van der Waals surface area contributed by atoms with Crippen molar-refractivity contribution >= 4 is 29.3 Å². The van der Waals surface area contributed by atoms with E-state index in [1.807, 2.05) is 18.2 Å². The third kappa shape index (κ3) is 2.29. The van der Waals surface area contributed by atoms with Crippen LogP contribution >= 0.6 is 23.4 Å². The van der Waals surface area contributed by atoms with E-state index in [-0.39, 0.29) is 5.92 Å². The molecule has 1 aromatic rings. The van der Waals surface area contributed by atoms with Crippen molar-refractivity contribution in [3.05, 3.63) is 28.8 Å². The lowest BCUT2D eigenvalue weighted by Crippen LogP contribution is -2.16. The fraction of sp³-hybridized carbons (Fsp3) is 0.364. The lowest BCUT2D eigenvalue weighted by molar-refractivity contribution is -0.141. The number of thioether (sulfide) groups is 1. The molecule has 1 aliphatic rings. The molecule has 1 aliphatic heterocycles. The van der Waals surface area contributed by atoms with Crippen LogP contribution in [0.15, 0.2) is 23.1 Å². The quantitative estimate of drug-likeness (QED) is 0.822. The van der Waals surface area contributed by atoms with Gasteiger partial charge in [-0.05, 0) is 30.2 Å². The van der Waals surface area contributed by atoms with E-state index in [2.05, 4.69) is 0 Å². The Morgan fingerprint density at radius 3 is 3.07 bits per heavy atom. The van der Waals surface area contributed by atoms with Crippen molar-refractivity contribution in [3.63, 3.8) is 0 Å². The maximum absolute atomic E-state index is 11.0. The Kier molecular flexibility index (Phi) is 3.22. The van der Waals surface area contributed by atoms with E-state index in [9.17, 15) is 4.79 Å². The van der Waals surface area contributed by atoms with Gasteiger partial charge in [-0.1, -0.05) is 23.7 Å². The number of rotatable bonds is 1. The van der Waals surface area contributed by atoms with Crippen LogP contribution in [-0.4, -0.2) is 16.8 Å². The van der Waals surface area contributed by atoms with Crippen molar-refractivity contribution in [2.75, 3.05) is 5.75 Å². The molecule has 0 saturated heterocycles. The molecule has 1 unspecified atom stereocenters. The topological polar surface area (TPSA) is 37.3 Å². The minimum Gasteiger partial charge on any atom is -0.481 e. The highest BCUT2D eigenvalue weighted by atomic mass is 35.5. The SMILES string of the molecule is O=C(O)C1CCSc2c(Cl)cccc2C1. The van der Waals surface area contributed by atoms with E-state index in [0.29, 0.717) is 12.8 Å². The number of benzene rings is 1. The molecule has 0 saturated carbocycles. The van der Waals surface area contributed by atoms with Gasteiger partial charge in [0.1, 0.15) is 0 Å². The largest absolute Gasteiger partial charge is 0.481 e. The van der Waals surface area contributed by atoms with Gasteiger partial charge in [-0.25, -0.2) is 0 Å². The van der Waals surface area contributed by atoms with Gasteiger partial charge < -0.3 is 5.11 Å². The molecular formula is C11H11ClO2S. The maximum Gasteiger partial charge on any atom is 0.306 e. The predicted molar refractivity (Wildman–Crippen MR) is 61.6 cm³/mol. The van der Waals surface area contributed by atoms with Crippen LogP contribution in [0.3, 0.4) is 0 Å². The molecule has 1 heterocycles. The van der Waals surface area contributed by atoms with Gasteiger partial charge in [0.2, 0.25) is 0 Å². The summed E-state index contributed by atoms with van der Waals surface area (Å²) in [6, 6.07) is 5.70. The molecule has 0 amide bonds. The van der Waals surface area contributed by atoms with Crippen LogP contribution in [-0.2, 0) is 11.2 Å². The van der Waals surface area contributed by atoms with Gasteiger partial charge in [-0.2, -0.15) is 0 Å². The van der Waals surface area contributed by atoms with Crippen LogP contribution in [0.1, 0.15) is 12.0 Å². The Labute approximate surface area is 97.6 Å². The molecule has 1 N–H and O–H groups in total. The van der Waals surface area contributed by atoms with Gasteiger partial charge in [0.05, 0.1) is 10.9 Å². The number of carboxylic acids is 1. The van der Waals surface area contributed by atoms with Crippen LogP contribution in [0.2, 0.25) is 5.02 Å². The second-order valence-corrected chi connectivity index (χ2v) is 5.12. The zero-order valence-corrected chi connectivity index (χ0v) is 9.64. The Balaban J connectivity index is 2.34. The summed E-state index contributed by atoms with van der Waals surface area (Å²) in [5.41, 5.74) is 1.07. The number of carboxylic acid groups (broad SMARTS) is 1. The standard InChI is InChI=1S/C11H11ClO2S/c12-9-3-1-2-7-6-8(11(13)14)4-5-15-10(7)9/h1-3,8H,4-6H2,(H,13,14). The number of carbonyl (C=O) groups is 1. The van der Waals surface area contributed by atoms with Crippen molar-refractivity contribution in [2.24, 2.45) is 5.92 Å². The third-order valence-electron chi connectivity index (χ3n) is 2.58. The van der Waals surface area contributed by atoms with Crippen LogP contribution in [0.25, 0.3) is 0 Å². The molecule has 0 aliphatic carbocycles. The summed E-state index contributed by atoms with van der Waals surface area (Å²) >= 11 is 7.74. The van der Waals surface area contributed by atoms with Crippen LogP contribution in [0.5, 0.6) is 0 Å². The molecule has 80 valence electrons. The monoisotopic (exact) mass is 242 g/mol. The smallest absolute Gasteiger partial charge is 0.306 e. The predicted octanol–water partition coefficient (Wildman–Crippen LogP) is 3.08. The summed E-state index contributed by atoms with van der Waals surface area (Å²) in [6.45, 7) is 0. The molecule has 2 nitrogen and oxygen atoms in total. The zero-order valence-electron chi connectivity index (χ0n) is 8.07. The third-order valence-corrected chi connectivity index (χ3v) is 4.21. The first-order valence-corrected chi connectivity index (χ1v) is 6.18. The zero-order chi connectivity index (χ0) is 10.8. The minimum absolute atomic E-state index is 0.266. The highest BCUT2D eigenvalue weighted by Crippen LogP contribution is 2.36. The molecule has 4 heteroatoms. The number of hydrogen-bond acceptors (Lipinski definition) is 2. The fourth-order valence-corrected chi connectivity index (χ4v) is 3.26. The van der Waals surface area contributed by atoms with Crippen molar-refractivity contribution in [3.8, 4) is 0 Å². The van der Waals surface area contributed by atoms with Crippen LogP contribution in [0.4, 0.5) is 0 Å². The van der Waals surface area contributed by atoms with Gasteiger partial charge in [0, 0.05) is 4.90 Å². The Bertz CT molecular complexity index is 392. The molecule has 0 fully saturated rings. The Morgan fingerprint density at radius 1 is 1.53 bits per heavy atom. The summed E-state index contributed by atoms with van der Waals surface area (Å²) in [5, 5.41) is 9.76. The molecule has 0 bridgehead atoms. The molecule has 0 spiro atoms. The van der Waals surface area contributed by atoms with E-state index in [4.69, 9.17) is 16.7 Å². The Hall–Kier alpha value is -0.670. The average molecular weight is 243 g/mol. The molecule has 15 heavy (non-hydrogen) atoms. The highest BCUT2D eigenvalue weighted by Gasteiger charge is 2.23. The average Bonchev–Trinajstić information content (AvgIpc) is 2.40. The normalized spacial score (nSPS) is 20.5. The van der Waals surface area contributed by atoms with Crippen molar-refractivity contribution in [1.29, 1.82) is 0 Å². The van der Waals surface area contributed by atoms with E-state index < -0.39 is 5.97 Å². The number of hydrogen-bond donors (Lipinski definition) is 1. The van der Waals surface area contributed by atoms with Gasteiger partial charge in [-0.15, -0.1) is 11.8 Å². The van der Waals surface area contributed by atoms with E-state index in [1.54, 1.807) is 11.8 Å². The highest BCUT2D eigenvalue weighted by molar-refractivity contribution is 7.99. The lowest BCUT2D eigenvalue weighted by Gasteiger charge is -2.09. The van der Waals surface area contributed by atoms with E-state index in [1.165, 1.54) is 0 Å². The molecule has 1 atom stereocenters. The van der Waals surface area contributed by atoms with Gasteiger partial charge in [-0.3, -0.25) is 4.79 Å². The number of aliphatic carboxylic acids is 1. The van der Waals surface area contributed by atoms with Crippen molar-refractivity contribution in [2.45, 2.75) is 17.7 Å². The molecule has 1 aromatic carbocycles. The van der Waals surface area contributed by atoms with Gasteiger partial charge in [0.15, 0.2) is 0 Å². The molecule has 0 aromatic heterocycles. The first-order chi connectivity index (χ1) is 7.18. The molecule has 0 radical (unpaired) electrons. The Morgan fingerprint density at radius 2 is 2.33 bits per heavy atom. The van der Waals surface area contributed by atoms with E-state index in [0.717, 1.165) is 21.2 Å². The molecular weight excluding hydrogens is 232 g/mol. The van der Waals surface area contributed by atoms with Crippen LogP contribution in [0, 0.1) is 5.92 Å². The van der Waals surface area contributed by atoms with E-state index >= 15 is 0 Å². The second-order valence-electron chi connectivity index (χ2n) is 3.60. The summed E-state index contributed by atoms with van der Waals surface area (Å²) in [7, 11) is 0. The lowest BCUT2D eigenvalue weighted by atomic mass is 9.97. The van der Waals surface area contributed by atoms with Crippen molar-refractivity contribution in [1.82, 2.24) is 0 Å². The van der Waals surface area contributed by atoms with Gasteiger partial charge >= 0.3 is 5.97 Å². The summed E-state index contributed by atoms with van der Waals surface area (Å²) in [4.78, 5) is 12.0. The fourth-order valence-electron chi connectivity index (χ4n) is 1.76. The second kappa shape index (κ2) is 4.45. The summed E-state index contributed by atoms with van der Waals surface area (Å²) in [5.74, 6) is -0.145. The van der Waals surface area contributed by atoms with Crippen LogP contribution < -0.4 is 0 Å². The minimum atomic E-state index is -0.705.